The molecular weight excluding hydrogens is 516 g/mol. The molecule has 0 saturated carbocycles. The van der Waals surface area contributed by atoms with Crippen LogP contribution in [-0.2, 0) is 11.4 Å². The molecule has 4 aromatic rings. The zero-order valence-electron chi connectivity index (χ0n) is 18.6. The summed E-state index contributed by atoms with van der Waals surface area (Å²) in [5.74, 6) is 2.02. The van der Waals surface area contributed by atoms with Gasteiger partial charge < -0.3 is 24.3 Å². The SMILES string of the molecule is C=C(Nc1ccc(OC)c([S+]([O-])Nc2ccc(Br)cc2)c1)c1cnc(-c2ccc(OC)cc2)[nH]1. The van der Waals surface area contributed by atoms with E-state index in [1.54, 1.807) is 32.5 Å². The van der Waals surface area contributed by atoms with Crippen LogP contribution in [0.5, 0.6) is 11.5 Å². The molecule has 0 fully saturated rings. The largest absolute Gasteiger partial charge is 0.588 e. The fraction of sp³-hybridized carbons (Fsp3) is 0.0800. The van der Waals surface area contributed by atoms with Crippen molar-refractivity contribution in [2.75, 3.05) is 24.3 Å². The van der Waals surface area contributed by atoms with Crippen molar-refractivity contribution in [2.45, 2.75) is 4.90 Å². The zero-order chi connectivity index (χ0) is 24.1. The van der Waals surface area contributed by atoms with E-state index < -0.39 is 11.4 Å². The highest BCUT2D eigenvalue weighted by atomic mass is 79.9. The van der Waals surface area contributed by atoms with Crippen molar-refractivity contribution in [3.63, 3.8) is 0 Å². The van der Waals surface area contributed by atoms with Gasteiger partial charge in [0.2, 0.25) is 4.90 Å². The summed E-state index contributed by atoms with van der Waals surface area (Å²) in [6.07, 6.45) is 1.71. The molecule has 1 aromatic heterocycles. The Hall–Kier alpha value is -3.40. The van der Waals surface area contributed by atoms with E-state index in [1.807, 2.05) is 54.6 Å². The lowest BCUT2D eigenvalue weighted by atomic mass is 10.2. The summed E-state index contributed by atoms with van der Waals surface area (Å²) in [6, 6.07) is 20.4. The minimum absolute atomic E-state index is 0.506. The fourth-order valence-corrected chi connectivity index (χ4v) is 4.48. The van der Waals surface area contributed by atoms with Crippen molar-refractivity contribution in [1.82, 2.24) is 9.97 Å². The number of benzene rings is 3. The number of hydrogen-bond donors (Lipinski definition) is 3. The predicted octanol–water partition coefficient (Wildman–Crippen LogP) is 6.07. The molecule has 0 bridgehead atoms. The van der Waals surface area contributed by atoms with Crippen molar-refractivity contribution in [3.8, 4) is 22.9 Å². The first-order valence-corrected chi connectivity index (χ1v) is 12.2. The summed E-state index contributed by atoms with van der Waals surface area (Å²) in [5, 5.41) is 3.25. The maximum Gasteiger partial charge on any atom is 0.223 e. The van der Waals surface area contributed by atoms with Crippen LogP contribution in [-0.4, -0.2) is 28.7 Å². The zero-order valence-corrected chi connectivity index (χ0v) is 21.0. The Morgan fingerprint density at radius 2 is 1.71 bits per heavy atom. The number of hydrogen-bond acceptors (Lipinski definition) is 6. The number of aromatic amines is 1. The van der Waals surface area contributed by atoms with Gasteiger partial charge in [-0.2, -0.15) is 0 Å². The van der Waals surface area contributed by atoms with Crippen LogP contribution in [0.3, 0.4) is 0 Å². The Morgan fingerprint density at radius 3 is 2.38 bits per heavy atom. The summed E-state index contributed by atoms with van der Waals surface area (Å²) < 4.78 is 27.6. The second kappa shape index (κ2) is 10.7. The highest BCUT2D eigenvalue weighted by molar-refractivity contribution is 9.10. The van der Waals surface area contributed by atoms with Crippen molar-refractivity contribution in [3.05, 3.63) is 89.7 Å². The molecule has 34 heavy (non-hydrogen) atoms. The number of H-pyrrole nitrogens is 1. The molecule has 1 heterocycles. The molecule has 174 valence electrons. The summed E-state index contributed by atoms with van der Waals surface area (Å²) in [4.78, 5) is 8.23. The smallest absolute Gasteiger partial charge is 0.223 e. The van der Waals surface area contributed by atoms with E-state index in [4.69, 9.17) is 9.47 Å². The molecule has 3 aromatic carbocycles. The van der Waals surface area contributed by atoms with Gasteiger partial charge in [0.05, 0.1) is 37.5 Å². The number of halogens is 1. The first kappa shape index (κ1) is 23.7. The maximum absolute atomic E-state index is 13.0. The molecule has 0 aliphatic heterocycles. The Kier molecular flexibility index (Phi) is 7.46. The average Bonchev–Trinajstić information content (AvgIpc) is 3.36. The van der Waals surface area contributed by atoms with Crippen LogP contribution in [0.15, 0.2) is 88.9 Å². The normalized spacial score (nSPS) is 11.5. The van der Waals surface area contributed by atoms with Crippen molar-refractivity contribution in [1.29, 1.82) is 0 Å². The number of nitrogens with zero attached hydrogens (tertiary/aromatic N) is 1. The van der Waals surface area contributed by atoms with E-state index in [9.17, 15) is 4.55 Å². The van der Waals surface area contributed by atoms with Gasteiger partial charge in [-0.05, 0) is 60.7 Å². The molecule has 0 aliphatic carbocycles. The van der Waals surface area contributed by atoms with Crippen LogP contribution in [0.1, 0.15) is 5.69 Å². The molecule has 3 N–H and O–H groups in total. The third-order valence-electron chi connectivity index (χ3n) is 4.98. The van der Waals surface area contributed by atoms with E-state index in [0.29, 0.717) is 22.0 Å². The topological polar surface area (TPSA) is 94.3 Å². The second-order valence-corrected chi connectivity index (χ2v) is 9.32. The lowest BCUT2D eigenvalue weighted by Crippen LogP contribution is -2.14. The third kappa shape index (κ3) is 5.56. The number of ether oxygens (including phenoxy) is 2. The van der Waals surface area contributed by atoms with Gasteiger partial charge in [0.1, 0.15) is 22.9 Å². The fourth-order valence-electron chi connectivity index (χ4n) is 3.19. The Bertz CT molecular complexity index is 1280. The number of nitrogens with one attached hydrogen (secondary N) is 3. The first-order valence-electron chi connectivity index (χ1n) is 10.2. The molecule has 4 rings (SSSR count). The molecule has 0 amide bonds. The molecule has 0 spiro atoms. The Morgan fingerprint density at radius 1 is 1.00 bits per heavy atom. The summed E-state index contributed by atoms with van der Waals surface area (Å²) in [6.45, 7) is 4.12. The Balaban J connectivity index is 1.49. The van der Waals surface area contributed by atoms with Crippen LogP contribution >= 0.6 is 15.9 Å². The summed E-state index contributed by atoms with van der Waals surface area (Å²) in [5.41, 5.74) is 3.73. The van der Waals surface area contributed by atoms with E-state index in [0.717, 1.165) is 33.0 Å². The minimum atomic E-state index is -1.54. The van der Waals surface area contributed by atoms with E-state index in [1.165, 1.54) is 0 Å². The Labute approximate surface area is 209 Å². The number of aromatic nitrogens is 2. The lowest BCUT2D eigenvalue weighted by Gasteiger charge is -2.16. The van der Waals surface area contributed by atoms with Crippen LogP contribution in [0.2, 0.25) is 0 Å². The highest BCUT2D eigenvalue weighted by Gasteiger charge is 2.20. The van der Waals surface area contributed by atoms with Crippen molar-refractivity contribution < 1.29 is 14.0 Å². The number of methoxy groups -OCH3 is 2. The number of anilines is 2. The van der Waals surface area contributed by atoms with Gasteiger partial charge in [0.25, 0.3) is 0 Å². The molecule has 9 heteroatoms. The number of rotatable bonds is 9. The maximum atomic E-state index is 13.0. The van der Waals surface area contributed by atoms with Crippen LogP contribution in [0.4, 0.5) is 11.4 Å². The molecule has 0 aliphatic rings. The molecule has 7 nitrogen and oxygen atoms in total. The van der Waals surface area contributed by atoms with Gasteiger partial charge in [0, 0.05) is 21.8 Å². The molecule has 0 saturated heterocycles. The van der Waals surface area contributed by atoms with Gasteiger partial charge in [-0.25, -0.2) is 9.71 Å². The molecule has 0 radical (unpaired) electrons. The van der Waals surface area contributed by atoms with Crippen molar-refractivity contribution in [2.24, 2.45) is 0 Å². The highest BCUT2D eigenvalue weighted by Crippen LogP contribution is 2.30. The molecule has 1 unspecified atom stereocenters. The second-order valence-electron chi connectivity index (χ2n) is 7.22. The van der Waals surface area contributed by atoms with Crippen molar-refractivity contribution >= 4 is 44.4 Å². The third-order valence-corrected chi connectivity index (χ3v) is 6.65. The predicted molar refractivity (Wildman–Crippen MR) is 140 cm³/mol. The first-order chi connectivity index (χ1) is 16.5. The molecular formula is C25H23BrN4O3S. The monoisotopic (exact) mass is 538 g/mol. The van der Waals surface area contributed by atoms with E-state index in [2.05, 4.69) is 42.5 Å². The van der Waals surface area contributed by atoms with Gasteiger partial charge >= 0.3 is 0 Å². The van der Waals surface area contributed by atoms with Crippen LogP contribution < -0.4 is 19.5 Å². The number of imidazole rings is 1. The minimum Gasteiger partial charge on any atom is -0.588 e. The quantitative estimate of drug-likeness (QED) is 0.224. The summed E-state index contributed by atoms with van der Waals surface area (Å²) in [7, 11) is 3.18. The van der Waals surface area contributed by atoms with Crippen LogP contribution in [0.25, 0.3) is 17.1 Å². The van der Waals surface area contributed by atoms with Gasteiger partial charge in [-0.1, -0.05) is 22.5 Å². The van der Waals surface area contributed by atoms with E-state index >= 15 is 0 Å². The standard InChI is InChI=1S/C25H23BrN4O3S/c1-16(22-15-27-25(29-22)17-4-11-21(32-2)12-5-17)28-20-10-13-23(33-3)24(14-20)34(31)30-19-8-6-18(26)7-9-19/h4-15,28,30H,1H2,2-3H3,(H,27,29). The average molecular weight is 539 g/mol. The summed E-state index contributed by atoms with van der Waals surface area (Å²) >= 11 is 1.86. The molecule has 1 atom stereocenters. The van der Waals surface area contributed by atoms with Gasteiger partial charge in [-0.3, -0.25) is 0 Å². The van der Waals surface area contributed by atoms with Crippen LogP contribution in [0, 0.1) is 0 Å². The lowest BCUT2D eigenvalue weighted by molar-refractivity contribution is 0.403. The van der Waals surface area contributed by atoms with Gasteiger partial charge in [-0.15, -0.1) is 0 Å². The van der Waals surface area contributed by atoms with Gasteiger partial charge in [0.15, 0.2) is 5.75 Å². The van der Waals surface area contributed by atoms with E-state index in [-0.39, 0.29) is 0 Å².